The van der Waals surface area contributed by atoms with Gasteiger partial charge in [-0.2, -0.15) is 0 Å². The quantitative estimate of drug-likeness (QED) is 0.621. The van der Waals surface area contributed by atoms with Gasteiger partial charge in [-0.25, -0.2) is 0 Å². The van der Waals surface area contributed by atoms with Gasteiger partial charge in [-0.1, -0.05) is 50.7 Å². The van der Waals surface area contributed by atoms with E-state index in [1.165, 1.54) is 17.3 Å². The lowest BCUT2D eigenvalue weighted by molar-refractivity contribution is -0.113. The van der Waals surface area contributed by atoms with E-state index >= 15 is 0 Å². The van der Waals surface area contributed by atoms with Crippen molar-refractivity contribution in [1.29, 1.82) is 0 Å². The molecule has 6 nitrogen and oxygen atoms in total. The molecule has 2 aromatic rings. The number of benzene rings is 1. The SMILES string of the molecule is C=CCn1c(N)nnc1SCC(=O)Nc1ccc(C(C)(C)C)cc1. The van der Waals surface area contributed by atoms with Crippen LogP contribution in [0.3, 0.4) is 0 Å². The summed E-state index contributed by atoms with van der Waals surface area (Å²) in [5.74, 6) is 0.446. The van der Waals surface area contributed by atoms with E-state index in [2.05, 4.69) is 42.9 Å². The topological polar surface area (TPSA) is 85.8 Å². The molecule has 1 heterocycles. The van der Waals surface area contributed by atoms with Crippen LogP contribution < -0.4 is 11.1 Å². The van der Waals surface area contributed by atoms with Gasteiger partial charge in [0.25, 0.3) is 0 Å². The first kappa shape index (κ1) is 18.1. The van der Waals surface area contributed by atoms with Gasteiger partial charge in [0.05, 0.1) is 5.75 Å². The average Bonchev–Trinajstić information content (AvgIpc) is 2.86. The molecule has 24 heavy (non-hydrogen) atoms. The fourth-order valence-electron chi connectivity index (χ4n) is 2.09. The molecule has 0 saturated heterocycles. The largest absolute Gasteiger partial charge is 0.368 e. The van der Waals surface area contributed by atoms with E-state index in [0.717, 1.165) is 5.69 Å². The minimum Gasteiger partial charge on any atom is -0.368 e. The molecule has 128 valence electrons. The molecule has 7 heteroatoms. The first-order chi connectivity index (χ1) is 11.3. The Hall–Kier alpha value is -2.28. The highest BCUT2D eigenvalue weighted by molar-refractivity contribution is 7.99. The van der Waals surface area contributed by atoms with Crippen molar-refractivity contribution in [3.8, 4) is 0 Å². The molecule has 1 amide bonds. The van der Waals surface area contributed by atoms with Gasteiger partial charge in [0.1, 0.15) is 0 Å². The van der Waals surface area contributed by atoms with Crippen LogP contribution in [0.5, 0.6) is 0 Å². The van der Waals surface area contributed by atoms with Crippen molar-refractivity contribution in [3.63, 3.8) is 0 Å². The Morgan fingerprint density at radius 1 is 1.33 bits per heavy atom. The molecular formula is C17H23N5OS. The highest BCUT2D eigenvalue weighted by Crippen LogP contribution is 2.24. The number of nitrogens with two attached hydrogens (primary N) is 1. The third kappa shape index (κ3) is 4.61. The highest BCUT2D eigenvalue weighted by atomic mass is 32.2. The van der Waals surface area contributed by atoms with Crippen molar-refractivity contribution < 1.29 is 4.79 Å². The van der Waals surface area contributed by atoms with Gasteiger partial charge in [0.15, 0.2) is 5.16 Å². The highest BCUT2D eigenvalue weighted by Gasteiger charge is 2.14. The first-order valence-electron chi connectivity index (χ1n) is 7.64. The summed E-state index contributed by atoms with van der Waals surface area (Å²) in [6.45, 7) is 10.6. The van der Waals surface area contributed by atoms with E-state index in [-0.39, 0.29) is 17.1 Å². The molecule has 0 saturated carbocycles. The Balaban J connectivity index is 1.93. The molecule has 0 radical (unpaired) electrons. The van der Waals surface area contributed by atoms with Crippen molar-refractivity contribution in [2.75, 3.05) is 16.8 Å². The van der Waals surface area contributed by atoms with Crippen LogP contribution in [0.25, 0.3) is 0 Å². The zero-order valence-electron chi connectivity index (χ0n) is 14.2. The molecule has 0 bridgehead atoms. The van der Waals surface area contributed by atoms with Crippen molar-refractivity contribution >= 4 is 29.3 Å². The lowest BCUT2D eigenvalue weighted by Crippen LogP contribution is -2.15. The number of rotatable bonds is 6. The fourth-order valence-corrected chi connectivity index (χ4v) is 2.84. The maximum atomic E-state index is 12.1. The standard InChI is InChI=1S/C17H23N5OS/c1-5-10-22-15(18)20-21-16(22)24-11-14(23)19-13-8-6-12(7-9-13)17(2,3)4/h5-9H,1,10-11H2,2-4H3,(H2,18,20)(H,19,23). The van der Waals surface area contributed by atoms with Crippen LogP contribution in [0.15, 0.2) is 42.1 Å². The van der Waals surface area contributed by atoms with Gasteiger partial charge in [0, 0.05) is 12.2 Å². The molecule has 0 aliphatic heterocycles. The number of nitrogens with one attached hydrogen (secondary N) is 1. The van der Waals surface area contributed by atoms with Crippen LogP contribution >= 0.6 is 11.8 Å². The number of anilines is 2. The Kier molecular flexibility index (Phi) is 5.66. The predicted molar refractivity (Wildman–Crippen MR) is 99.1 cm³/mol. The van der Waals surface area contributed by atoms with Crippen molar-refractivity contribution in [2.24, 2.45) is 0 Å². The van der Waals surface area contributed by atoms with Crippen LogP contribution in [0.4, 0.5) is 11.6 Å². The van der Waals surface area contributed by atoms with Gasteiger partial charge >= 0.3 is 0 Å². The molecule has 3 N–H and O–H groups in total. The van der Waals surface area contributed by atoms with Crippen LogP contribution in [0.2, 0.25) is 0 Å². The smallest absolute Gasteiger partial charge is 0.234 e. The first-order valence-corrected chi connectivity index (χ1v) is 8.62. The Bertz CT molecular complexity index is 716. The molecule has 1 aromatic carbocycles. The third-order valence-corrected chi connectivity index (χ3v) is 4.39. The minimum atomic E-state index is -0.102. The number of thioether (sulfide) groups is 1. The van der Waals surface area contributed by atoms with Gasteiger partial charge in [-0.15, -0.1) is 16.8 Å². The summed E-state index contributed by atoms with van der Waals surface area (Å²) >= 11 is 1.29. The van der Waals surface area contributed by atoms with Crippen molar-refractivity contribution in [3.05, 3.63) is 42.5 Å². The normalized spacial score (nSPS) is 11.3. The number of aromatic nitrogens is 3. The molecule has 0 aliphatic rings. The molecule has 0 fully saturated rings. The predicted octanol–water partition coefficient (Wildman–Crippen LogP) is 3.07. The second-order valence-electron chi connectivity index (χ2n) is 6.40. The lowest BCUT2D eigenvalue weighted by atomic mass is 9.87. The molecule has 1 aromatic heterocycles. The van der Waals surface area contributed by atoms with E-state index in [0.29, 0.717) is 17.6 Å². The second-order valence-corrected chi connectivity index (χ2v) is 7.35. The zero-order valence-corrected chi connectivity index (χ0v) is 15.1. The van der Waals surface area contributed by atoms with Gasteiger partial charge < -0.3 is 11.1 Å². The summed E-state index contributed by atoms with van der Waals surface area (Å²) in [5, 5.41) is 11.3. The Labute approximate surface area is 146 Å². The molecular weight excluding hydrogens is 322 g/mol. The number of nitrogen functional groups attached to an aromatic ring is 1. The van der Waals surface area contributed by atoms with Gasteiger partial charge in [-0.3, -0.25) is 9.36 Å². The summed E-state index contributed by atoms with van der Waals surface area (Å²) in [6, 6.07) is 7.90. The van der Waals surface area contributed by atoms with E-state index in [9.17, 15) is 4.79 Å². The van der Waals surface area contributed by atoms with Crippen molar-refractivity contribution in [2.45, 2.75) is 37.9 Å². The molecule has 0 unspecified atom stereocenters. The number of carbonyl (C=O) groups excluding carboxylic acids is 1. The van der Waals surface area contributed by atoms with E-state index in [1.807, 2.05) is 24.3 Å². The van der Waals surface area contributed by atoms with E-state index < -0.39 is 0 Å². The third-order valence-electron chi connectivity index (χ3n) is 3.42. The summed E-state index contributed by atoms with van der Waals surface area (Å²) < 4.78 is 1.71. The summed E-state index contributed by atoms with van der Waals surface area (Å²) in [4.78, 5) is 12.1. The number of hydrogen-bond donors (Lipinski definition) is 2. The lowest BCUT2D eigenvalue weighted by Gasteiger charge is -2.19. The maximum absolute atomic E-state index is 12.1. The van der Waals surface area contributed by atoms with Crippen LogP contribution in [0, 0.1) is 0 Å². The molecule has 0 aliphatic carbocycles. The van der Waals surface area contributed by atoms with Crippen molar-refractivity contribution in [1.82, 2.24) is 14.8 Å². The summed E-state index contributed by atoms with van der Waals surface area (Å²) in [5.41, 5.74) is 7.83. The Morgan fingerprint density at radius 3 is 2.58 bits per heavy atom. The van der Waals surface area contributed by atoms with E-state index in [4.69, 9.17) is 5.73 Å². The summed E-state index contributed by atoms with van der Waals surface area (Å²) in [7, 11) is 0. The second kappa shape index (κ2) is 7.53. The fraction of sp³-hybridized carbons (Fsp3) is 0.353. The minimum absolute atomic E-state index is 0.0908. The maximum Gasteiger partial charge on any atom is 0.234 e. The number of carbonyl (C=O) groups is 1. The van der Waals surface area contributed by atoms with Gasteiger partial charge in [-0.05, 0) is 23.1 Å². The number of hydrogen-bond acceptors (Lipinski definition) is 5. The number of allylic oxidation sites excluding steroid dienone is 1. The van der Waals surface area contributed by atoms with Crippen LogP contribution in [-0.4, -0.2) is 26.4 Å². The Morgan fingerprint density at radius 2 is 2.00 bits per heavy atom. The zero-order chi connectivity index (χ0) is 17.7. The number of nitrogens with zero attached hydrogens (tertiary/aromatic N) is 3. The van der Waals surface area contributed by atoms with E-state index in [1.54, 1.807) is 10.6 Å². The van der Waals surface area contributed by atoms with Gasteiger partial charge in [0.2, 0.25) is 11.9 Å². The molecule has 0 spiro atoms. The monoisotopic (exact) mass is 345 g/mol. The number of amides is 1. The molecule has 0 atom stereocenters. The van der Waals surface area contributed by atoms with Crippen LogP contribution in [0.1, 0.15) is 26.3 Å². The average molecular weight is 345 g/mol. The summed E-state index contributed by atoms with van der Waals surface area (Å²) in [6.07, 6.45) is 1.71. The van der Waals surface area contributed by atoms with Crippen LogP contribution in [-0.2, 0) is 16.8 Å². The molecule has 2 rings (SSSR count).